The summed E-state index contributed by atoms with van der Waals surface area (Å²) in [5.41, 5.74) is 0. The van der Waals surface area contributed by atoms with Gasteiger partial charge in [0.2, 0.25) is 11.8 Å². The van der Waals surface area contributed by atoms with Gasteiger partial charge in [0.1, 0.15) is 0 Å². The van der Waals surface area contributed by atoms with Gasteiger partial charge in [0.25, 0.3) is 0 Å². The Labute approximate surface area is 115 Å². The largest absolute Gasteiger partial charge is 0.409 e. The lowest BCUT2D eigenvalue weighted by Crippen LogP contribution is -2.48. The van der Waals surface area contributed by atoms with E-state index in [0.717, 1.165) is 0 Å². The minimum atomic E-state index is -5.65. The molecule has 0 aliphatic carbocycles. The fraction of sp³-hybridized carbons (Fsp3) is 0.900. The van der Waals surface area contributed by atoms with Gasteiger partial charge in [0.05, 0.1) is 0 Å². The Balaban J connectivity index is 4.61. The highest BCUT2D eigenvalue weighted by molar-refractivity contribution is 9.09. The lowest BCUT2D eigenvalue weighted by atomic mass is 10.1. The second-order valence-electron chi connectivity index (χ2n) is 4.49. The minimum Gasteiger partial charge on any atom is -0.354 e. The lowest BCUT2D eigenvalue weighted by Gasteiger charge is -2.23. The Morgan fingerprint density at radius 1 is 1.11 bits per heavy atom. The molecule has 1 unspecified atom stereocenters. The molecule has 19 heavy (non-hydrogen) atoms. The highest BCUT2D eigenvalue weighted by Crippen LogP contribution is 2.39. The number of hydrogen-bond acceptors (Lipinski definition) is 1. The van der Waals surface area contributed by atoms with Gasteiger partial charge in [-0.15, -0.1) is 0 Å². The minimum absolute atomic E-state index is 0.197. The van der Waals surface area contributed by atoms with Gasteiger partial charge in [-0.3, -0.25) is 4.79 Å². The summed E-state index contributed by atoms with van der Waals surface area (Å²) in [4.78, 5) is 10.7. The van der Waals surface area contributed by atoms with E-state index >= 15 is 0 Å². The van der Waals surface area contributed by atoms with Crippen molar-refractivity contribution in [1.82, 2.24) is 5.32 Å². The Bertz CT molecular complexity index is 287. The molecule has 0 spiro atoms. The van der Waals surface area contributed by atoms with Crippen LogP contribution in [0.2, 0.25) is 0 Å². The zero-order valence-corrected chi connectivity index (χ0v) is 11.8. The van der Waals surface area contributed by atoms with E-state index in [1.165, 1.54) is 0 Å². The number of carbonyl (C=O) groups is 1. The summed E-state index contributed by atoms with van der Waals surface area (Å²) in [5.74, 6) is -5.87. The molecule has 0 rings (SSSR count). The molecule has 0 saturated heterocycles. The normalized spacial score (nSPS) is 14.9. The molecule has 0 fully saturated rings. The first-order valence-electron chi connectivity index (χ1n) is 5.41. The van der Waals surface area contributed by atoms with Crippen molar-refractivity contribution in [3.8, 4) is 0 Å². The summed E-state index contributed by atoms with van der Waals surface area (Å²) < 4.78 is 73.3. The van der Waals surface area contributed by atoms with Gasteiger partial charge in [-0.2, -0.15) is 26.3 Å². The van der Waals surface area contributed by atoms with E-state index in [2.05, 4.69) is 15.9 Å². The fourth-order valence-corrected chi connectivity index (χ4v) is 2.30. The van der Waals surface area contributed by atoms with Crippen molar-refractivity contribution in [1.29, 1.82) is 0 Å². The third-order valence-electron chi connectivity index (χ3n) is 2.14. The van der Waals surface area contributed by atoms with Crippen LogP contribution in [0.15, 0.2) is 0 Å². The molecule has 2 nitrogen and oxygen atoms in total. The van der Waals surface area contributed by atoms with Gasteiger partial charge in [0.15, 0.2) is 0 Å². The van der Waals surface area contributed by atoms with Crippen LogP contribution in [0.5, 0.6) is 0 Å². The summed E-state index contributed by atoms with van der Waals surface area (Å²) in [6, 6.07) is 0. The number of amides is 1. The molecule has 0 aliphatic rings. The van der Waals surface area contributed by atoms with Crippen LogP contribution in [0, 0.1) is 11.8 Å². The van der Waals surface area contributed by atoms with Crippen molar-refractivity contribution >= 4 is 21.8 Å². The number of nitrogens with one attached hydrogen (secondary N) is 1. The Hall–Kier alpha value is -0.470. The first-order chi connectivity index (χ1) is 8.35. The van der Waals surface area contributed by atoms with Crippen molar-refractivity contribution in [2.45, 2.75) is 37.4 Å². The molecule has 0 saturated carbocycles. The standard InChI is InChI=1S/C10H14BrF6NO/c1-5(2)3-6(11)4-18-8(19)7(9(12,13)14)10(15,16)17/h5-7H,3-4H2,1-2H3,(H,18,19). The van der Waals surface area contributed by atoms with Crippen LogP contribution in [-0.4, -0.2) is 29.6 Å². The summed E-state index contributed by atoms with van der Waals surface area (Å²) in [5, 5.41) is 1.68. The fourth-order valence-electron chi connectivity index (χ4n) is 1.39. The number of hydrogen-bond donors (Lipinski definition) is 1. The third-order valence-corrected chi connectivity index (χ3v) is 2.84. The first kappa shape index (κ1) is 18.5. The predicted molar refractivity (Wildman–Crippen MR) is 60.8 cm³/mol. The van der Waals surface area contributed by atoms with Gasteiger partial charge in [0, 0.05) is 11.4 Å². The summed E-state index contributed by atoms with van der Waals surface area (Å²) >= 11 is 3.08. The van der Waals surface area contributed by atoms with E-state index in [-0.39, 0.29) is 17.3 Å². The molecule has 114 valence electrons. The van der Waals surface area contributed by atoms with Gasteiger partial charge in [-0.1, -0.05) is 29.8 Å². The second kappa shape index (κ2) is 6.81. The van der Waals surface area contributed by atoms with Gasteiger partial charge >= 0.3 is 12.4 Å². The number of alkyl halides is 7. The maximum atomic E-state index is 12.2. The van der Waals surface area contributed by atoms with E-state index < -0.39 is 24.2 Å². The zero-order valence-electron chi connectivity index (χ0n) is 10.2. The molecular weight excluding hydrogens is 344 g/mol. The summed E-state index contributed by atoms with van der Waals surface area (Å²) in [7, 11) is 0. The highest BCUT2D eigenvalue weighted by atomic mass is 79.9. The van der Waals surface area contributed by atoms with Crippen molar-refractivity contribution in [3.05, 3.63) is 0 Å². The topological polar surface area (TPSA) is 29.1 Å². The maximum Gasteiger partial charge on any atom is 0.409 e. The Kier molecular flexibility index (Phi) is 6.64. The average Bonchev–Trinajstić information content (AvgIpc) is 2.08. The lowest BCUT2D eigenvalue weighted by molar-refractivity contribution is -0.274. The van der Waals surface area contributed by atoms with E-state index in [0.29, 0.717) is 6.42 Å². The molecule has 1 N–H and O–H groups in total. The van der Waals surface area contributed by atoms with Gasteiger partial charge < -0.3 is 5.32 Å². The quantitative estimate of drug-likeness (QED) is 0.590. The van der Waals surface area contributed by atoms with Crippen LogP contribution in [-0.2, 0) is 4.79 Å². The molecule has 0 aliphatic heterocycles. The third kappa shape index (κ3) is 7.03. The van der Waals surface area contributed by atoms with Crippen LogP contribution in [0.25, 0.3) is 0 Å². The highest BCUT2D eigenvalue weighted by Gasteiger charge is 2.61. The van der Waals surface area contributed by atoms with Gasteiger partial charge in [-0.05, 0) is 12.3 Å². The first-order valence-corrected chi connectivity index (χ1v) is 6.32. The average molecular weight is 358 g/mol. The molecule has 0 aromatic carbocycles. The number of carbonyl (C=O) groups excluding carboxylic acids is 1. The SMILES string of the molecule is CC(C)CC(Br)CNC(=O)C(C(F)(F)F)C(F)(F)F. The Morgan fingerprint density at radius 2 is 1.53 bits per heavy atom. The Morgan fingerprint density at radius 3 is 1.84 bits per heavy atom. The molecule has 1 atom stereocenters. The molecule has 9 heteroatoms. The second-order valence-corrected chi connectivity index (χ2v) is 5.78. The van der Waals surface area contributed by atoms with Crippen molar-refractivity contribution in [2.75, 3.05) is 6.54 Å². The zero-order chi connectivity index (χ0) is 15.4. The van der Waals surface area contributed by atoms with Crippen molar-refractivity contribution < 1.29 is 31.1 Å². The van der Waals surface area contributed by atoms with E-state index in [4.69, 9.17) is 0 Å². The van der Waals surface area contributed by atoms with E-state index in [1.54, 1.807) is 5.32 Å². The summed E-state index contributed by atoms with van der Waals surface area (Å²) in [6.45, 7) is 3.38. The molecule has 0 heterocycles. The van der Waals surface area contributed by atoms with Gasteiger partial charge in [-0.25, -0.2) is 0 Å². The van der Waals surface area contributed by atoms with E-state index in [9.17, 15) is 31.1 Å². The number of rotatable bonds is 5. The summed E-state index contributed by atoms with van der Waals surface area (Å²) in [6.07, 6.45) is -10.8. The van der Waals surface area contributed by atoms with Crippen molar-refractivity contribution in [2.24, 2.45) is 11.8 Å². The van der Waals surface area contributed by atoms with Crippen LogP contribution < -0.4 is 5.32 Å². The molecule has 0 aromatic heterocycles. The van der Waals surface area contributed by atoms with Crippen LogP contribution in [0.4, 0.5) is 26.3 Å². The van der Waals surface area contributed by atoms with Crippen LogP contribution >= 0.6 is 15.9 Å². The smallest absolute Gasteiger partial charge is 0.354 e. The van der Waals surface area contributed by atoms with E-state index in [1.807, 2.05) is 13.8 Å². The molecule has 0 aromatic rings. The van der Waals surface area contributed by atoms with Crippen LogP contribution in [0.1, 0.15) is 20.3 Å². The van der Waals surface area contributed by atoms with Crippen LogP contribution in [0.3, 0.4) is 0 Å². The predicted octanol–water partition coefficient (Wildman–Crippen LogP) is 3.65. The molecule has 0 bridgehead atoms. The molecule has 1 amide bonds. The maximum absolute atomic E-state index is 12.2. The monoisotopic (exact) mass is 357 g/mol. The molecular formula is C10H14BrF6NO. The van der Waals surface area contributed by atoms with Crippen molar-refractivity contribution in [3.63, 3.8) is 0 Å². The molecule has 0 radical (unpaired) electrons. The number of halogens is 7.